The highest BCUT2D eigenvalue weighted by atomic mass is 35.5. The van der Waals surface area contributed by atoms with Crippen molar-refractivity contribution >= 4 is 42.1 Å². The predicted octanol–water partition coefficient (Wildman–Crippen LogP) is 2.16. The van der Waals surface area contributed by atoms with E-state index in [4.69, 9.17) is 5.73 Å². The molecule has 22 heavy (non-hydrogen) atoms. The molecule has 0 aliphatic heterocycles. The first-order chi connectivity index (χ1) is 9.61. The Morgan fingerprint density at radius 2 is 2.14 bits per heavy atom. The Balaban J connectivity index is 0.00000220. The highest BCUT2D eigenvalue weighted by molar-refractivity contribution is 7.17. The second kappa shape index (κ2) is 9.78. The lowest BCUT2D eigenvalue weighted by molar-refractivity contribution is 0.0956. The van der Waals surface area contributed by atoms with Crippen LogP contribution in [0.4, 0.5) is 0 Å². The van der Waals surface area contributed by atoms with Crippen LogP contribution in [0, 0.1) is 6.92 Å². The molecule has 2 heterocycles. The fraction of sp³-hybridized carbons (Fsp3) is 0.462. The molecule has 0 aliphatic carbocycles. The molecule has 2 aromatic rings. The minimum atomic E-state index is -0.0628. The number of halogens is 2. The maximum atomic E-state index is 12.1. The number of hydrogen-bond acceptors (Lipinski definition) is 5. The Labute approximate surface area is 146 Å². The van der Waals surface area contributed by atoms with Gasteiger partial charge < -0.3 is 11.1 Å². The van der Waals surface area contributed by atoms with Gasteiger partial charge in [0.1, 0.15) is 9.88 Å². The number of unbranched alkanes of at least 4 members (excludes halogenated alkanes) is 1. The average Bonchev–Trinajstić information content (AvgIpc) is 3.00. The van der Waals surface area contributed by atoms with Gasteiger partial charge in [-0.25, -0.2) is 4.98 Å². The van der Waals surface area contributed by atoms with E-state index in [0.29, 0.717) is 18.0 Å². The largest absolute Gasteiger partial charge is 0.351 e. The smallest absolute Gasteiger partial charge is 0.263 e. The highest BCUT2D eigenvalue weighted by Crippen LogP contribution is 2.27. The zero-order chi connectivity index (χ0) is 14.5. The minimum Gasteiger partial charge on any atom is -0.351 e. The molecule has 0 aromatic carbocycles. The predicted molar refractivity (Wildman–Crippen MR) is 94.2 cm³/mol. The molecular formula is C13H21Cl2N5OS. The highest BCUT2D eigenvalue weighted by Gasteiger charge is 2.16. The van der Waals surface area contributed by atoms with Crippen molar-refractivity contribution in [3.8, 4) is 10.6 Å². The van der Waals surface area contributed by atoms with Crippen LogP contribution < -0.4 is 11.1 Å². The molecule has 0 saturated heterocycles. The summed E-state index contributed by atoms with van der Waals surface area (Å²) in [6.45, 7) is 3.15. The second-order valence-corrected chi connectivity index (χ2v) is 5.59. The molecule has 3 N–H and O–H groups in total. The molecule has 2 rings (SSSR count). The first-order valence-corrected chi connectivity index (χ1v) is 7.38. The molecule has 9 heteroatoms. The fourth-order valence-corrected chi connectivity index (χ4v) is 2.77. The second-order valence-electron chi connectivity index (χ2n) is 4.59. The van der Waals surface area contributed by atoms with Crippen molar-refractivity contribution in [3.05, 3.63) is 23.0 Å². The molecule has 0 fully saturated rings. The Morgan fingerprint density at radius 1 is 1.41 bits per heavy atom. The summed E-state index contributed by atoms with van der Waals surface area (Å²) in [7, 11) is 1.86. The molecule has 0 aliphatic rings. The fourth-order valence-electron chi connectivity index (χ4n) is 1.81. The lowest BCUT2D eigenvalue weighted by atomic mass is 10.3. The van der Waals surface area contributed by atoms with Gasteiger partial charge in [0.05, 0.1) is 11.9 Å². The van der Waals surface area contributed by atoms with E-state index in [0.717, 1.165) is 29.1 Å². The number of aryl methyl sites for hydroxylation is 2. The van der Waals surface area contributed by atoms with Crippen molar-refractivity contribution in [1.29, 1.82) is 0 Å². The summed E-state index contributed by atoms with van der Waals surface area (Å²) in [5.74, 6) is -0.0628. The van der Waals surface area contributed by atoms with E-state index in [9.17, 15) is 4.79 Å². The maximum absolute atomic E-state index is 12.1. The third-order valence-electron chi connectivity index (χ3n) is 2.87. The average molecular weight is 366 g/mol. The van der Waals surface area contributed by atoms with E-state index < -0.39 is 0 Å². The number of rotatable bonds is 6. The molecule has 0 unspecified atom stereocenters. The number of hydrogen-bond donors (Lipinski definition) is 2. The van der Waals surface area contributed by atoms with Crippen LogP contribution >= 0.6 is 36.2 Å². The minimum absolute atomic E-state index is 0. The SMILES string of the molecule is Cc1nc(-c2cnn(C)c2)sc1C(=O)NCCCCN.Cl.Cl. The van der Waals surface area contributed by atoms with Gasteiger partial charge in [0.15, 0.2) is 0 Å². The quantitative estimate of drug-likeness (QED) is 0.768. The van der Waals surface area contributed by atoms with Crippen molar-refractivity contribution in [3.63, 3.8) is 0 Å². The molecule has 1 amide bonds. The van der Waals surface area contributed by atoms with Crippen molar-refractivity contribution < 1.29 is 4.79 Å². The number of nitrogens with one attached hydrogen (secondary N) is 1. The number of amides is 1. The van der Waals surface area contributed by atoms with Crippen molar-refractivity contribution in [2.24, 2.45) is 12.8 Å². The number of thiazole rings is 1. The van der Waals surface area contributed by atoms with Crippen LogP contribution in [-0.4, -0.2) is 33.8 Å². The molecule has 124 valence electrons. The number of nitrogens with two attached hydrogens (primary N) is 1. The van der Waals surface area contributed by atoms with Crippen LogP contribution in [0.5, 0.6) is 0 Å². The van der Waals surface area contributed by atoms with Gasteiger partial charge in [-0.05, 0) is 26.3 Å². The Bertz CT molecular complexity index is 599. The van der Waals surface area contributed by atoms with E-state index in [2.05, 4.69) is 15.4 Å². The summed E-state index contributed by atoms with van der Waals surface area (Å²) in [5, 5.41) is 7.84. The van der Waals surface area contributed by atoms with E-state index in [1.165, 1.54) is 11.3 Å². The van der Waals surface area contributed by atoms with Crippen molar-refractivity contribution in [1.82, 2.24) is 20.1 Å². The lowest BCUT2D eigenvalue weighted by Gasteiger charge is -2.02. The van der Waals surface area contributed by atoms with Gasteiger partial charge in [0, 0.05) is 25.4 Å². The van der Waals surface area contributed by atoms with Crippen molar-refractivity contribution in [2.45, 2.75) is 19.8 Å². The summed E-state index contributed by atoms with van der Waals surface area (Å²) < 4.78 is 1.72. The maximum Gasteiger partial charge on any atom is 0.263 e. The van der Waals surface area contributed by atoms with Crippen molar-refractivity contribution in [2.75, 3.05) is 13.1 Å². The third kappa shape index (κ3) is 5.24. The summed E-state index contributed by atoms with van der Waals surface area (Å²) in [4.78, 5) is 17.2. The lowest BCUT2D eigenvalue weighted by Crippen LogP contribution is -2.24. The first kappa shape index (κ1) is 20.9. The Hall–Kier alpha value is -1.15. The van der Waals surface area contributed by atoms with Crippen LogP contribution in [0.1, 0.15) is 28.2 Å². The van der Waals surface area contributed by atoms with Crippen LogP contribution in [0.3, 0.4) is 0 Å². The third-order valence-corrected chi connectivity index (χ3v) is 4.08. The van der Waals surface area contributed by atoms with Gasteiger partial charge in [0.25, 0.3) is 5.91 Å². The van der Waals surface area contributed by atoms with E-state index in [1.807, 2.05) is 20.2 Å². The van der Waals surface area contributed by atoms with Crippen LogP contribution in [-0.2, 0) is 7.05 Å². The molecule has 0 spiro atoms. The van der Waals surface area contributed by atoms with Crippen LogP contribution in [0.2, 0.25) is 0 Å². The van der Waals surface area contributed by atoms with Gasteiger partial charge >= 0.3 is 0 Å². The molecule has 2 aromatic heterocycles. The molecule has 0 radical (unpaired) electrons. The number of carbonyl (C=O) groups excluding carboxylic acids is 1. The van der Waals surface area contributed by atoms with Gasteiger partial charge in [-0.3, -0.25) is 9.48 Å². The Morgan fingerprint density at radius 3 is 2.73 bits per heavy atom. The number of carbonyl (C=O) groups is 1. The zero-order valence-corrected chi connectivity index (χ0v) is 15.0. The number of nitrogens with zero attached hydrogens (tertiary/aromatic N) is 3. The summed E-state index contributed by atoms with van der Waals surface area (Å²) in [6.07, 6.45) is 5.46. The van der Waals surface area contributed by atoms with Crippen LogP contribution in [0.15, 0.2) is 12.4 Å². The molecular weight excluding hydrogens is 345 g/mol. The zero-order valence-electron chi connectivity index (χ0n) is 12.5. The molecule has 0 atom stereocenters. The molecule has 0 saturated carbocycles. The molecule has 0 bridgehead atoms. The summed E-state index contributed by atoms with van der Waals surface area (Å²) in [5.41, 5.74) is 7.11. The monoisotopic (exact) mass is 365 g/mol. The Kier molecular flexibility index (Phi) is 9.27. The molecule has 6 nitrogen and oxygen atoms in total. The van der Waals surface area contributed by atoms with E-state index in [-0.39, 0.29) is 30.7 Å². The van der Waals surface area contributed by atoms with Gasteiger partial charge in [-0.1, -0.05) is 0 Å². The van der Waals surface area contributed by atoms with E-state index >= 15 is 0 Å². The van der Waals surface area contributed by atoms with Gasteiger partial charge in [-0.15, -0.1) is 36.2 Å². The summed E-state index contributed by atoms with van der Waals surface area (Å²) in [6, 6.07) is 0. The van der Waals surface area contributed by atoms with Crippen LogP contribution in [0.25, 0.3) is 10.6 Å². The summed E-state index contributed by atoms with van der Waals surface area (Å²) >= 11 is 1.40. The topological polar surface area (TPSA) is 85.8 Å². The first-order valence-electron chi connectivity index (χ1n) is 6.56. The van der Waals surface area contributed by atoms with E-state index in [1.54, 1.807) is 10.9 Å². The number of aromatic nitrogens is 3. The standard InChI is InChI=1S/C13H19N5OS.2ClH/c1-9-11(12(19)15-6-4-3-5-14)20-13(17-9)10-7-16-18(2)8-10;;/h7-8H,3-6,14H2,1-2H3,(H,15,19);2*1H. The van der Waals surface area contributed by atoms with Gasteiger partial charge in [-0.2, -0.15) is 5.10 Å². The van der Waals surface area contributed by atoms with Gasteiger partial charge in [0.2, 0.25) is 0 Å². The normalized spacial score (nSPS) is 9.77.